The molecule has 0 saturated carbocycles. The Kier molecular flexibility index (Phi) is 6.68. The summed E-state index contributed by atoms with van der Waals surface area (Å²) in [6.45, 7) is 10.0. The molecule has 7 heteroatoms. The number of ether oxygens (including phenoxy) is 1. The highest BCUT2D eigenvalue weighted by Gasteiger charge is 2.42. The molecule has 0 unspecified atom stereocenters. The molecule has 2 rings (SSSR count). The molecule has 0 aliphatic carbocycles. The maximum Gasteiger partial charge on any atom is 0.408 e. The minimum atomic E-state index is -0.892. The summed E-state index contributed by atoms with van der Waals surface area (Å²) in [5.74, 6) is 0.929. The molecule has 0 bridgehead atoms. The molecule has 150 valence electrons. The number of benzene rings is 1. The minimum Gasteiger partial charge on any atom is -0.444 e. The Morgan fingerprint density at radius 3 is 2.15 bits per heavy atom. The topological polar surface area (TPSA) is 75.7 Å². The van der Waals surface area contributed by atoms with Gasteiger partial charge in [0.1, 0.15) is 5.60 Å². The lowest BCUT2D eigenvalue weighted by Gasteiger charge is -2.39. The van der Waals surface area contributed by atoms with Crippen molar-refractivity contribution in [3.63, 3.8) is 0 Å². The average Bonchev–Trinajstić information content (AvgIpc) is 2.59. The third kappa shape index (κ3) is 5.79. The molecule has 27 heavy (non-hydrogen) atoms. The fourth-order valence-corrected chi connectivity index (χ4v) is 4.18. The first-order valence-electron chi connectivity index (χ1n) is 9.19. The third-order valence-electron chi connectivity index (χ3n) is 4.53. The van der Waals surface area contributed by atoms with Gasteiger partial charge < -0.3 is 15.0 Å². The molecule has 1 aliphatic rings. The molecule has 1 N–H and O–H groups in total. The lowest BCUT2D eigenvalue weighted by atomic mass is 9.79. The van der Waals surface area contributed by atoms with Crippen molar-refractivity contribution in [2.24, 2.45) is 5.41 Å². The number of amides is 2. The summed E-state index contributed by atoms with van der Waals surface area (Å²) in [5.41, 5.74) is -0.685. The molecule has 1 fully saturated rings. The van der Waals surface area contributed by atoms with Crippen molar-refractivity contribution < 1.29 is 18.5 Å². The Morgan fingerprint density at radius 2 is 1.63 bits per heavy atom. The van der Waals surface area contributed by atoms with E-state index in [-0.39, 0.29) is 5.91 Å². The highest BCUT2D eigenvalue weighted by molar-refractivity contribution is 7.85. The first kappa shape index (κ1) is 21.4. The number of nitrogens with zero attached hydrogens (tertiary/aromatic N) is 1. The smallest absolute Gasteiger partial charge is 0.408 e. The molecular weight excluding hydrogens is 364 g/mol. The zero-order valence-electron chi connectivity index (χ0n) is 16.8. The number of hydrogen-bond donors (Lipinski definition) is 1. The predicted octanol–water partition coefficient (Wildman–Crippen LogP) is 2.87. The second kappa shape index (κ2) is 8.42. The lowest BCUT2D eigenvalue weighted by Crippen LogP contribution is -2.52. The maximum atomic E-state index is 13.2. The average molecular weight is 395 g/mol. The van der Waals surface area contributed by atoms with E-state index in [4.69, 9.17) is 4.74 Å². The van der Waals surface area contributed by atoms with Crippen molar-refractivity contribution in [3.8, 4) is 0 Å². The van der Waals surface area contributed by atoms with Gasteiger partial charge in [-0.25, -0.2) is 4.79 Å². The second-order valence-corrected chi connectivity index (χ2v) is 10.0. The number of rotatable bonds is 4. The van der Waals surface area contributed by atoms with Crippen LogP contribution >= 0.6 is 0 Å². The number of carbonyl (C=O) groups excluding carboxylic acids is 2. The van der Waals surface area contributed by atoms with Crippen molar-refractivity contribution in [2.45, 2.75) is 46.3 Å². The van der Waals surface area contributed by atoms with Crippen molar-refractivity contribution >= 4 is 22.8 Å². The van der Waals surface area contributed by atoms with Crippen LogP contribution in [0.5, 0.6) is 0 Å². The van der Waals surface area contributed by atoms with E-state index in [9.17, 15) is 13.8 Å². The number of alkyl carbamates (subject to hydrolysis) is 1. The van der Waals surface area contributed by atoms with Crippen molar-refractivity contribution in [2.75, 3.05) is 24.6 Å². The highest BCUT2D eigenvalue weighted by Crippen LogP contribution is 2.36. The normalized spacial score (nSPS) is 17.3. The van der Waals surface area contributed by atoms with Gasteiger partial charge in [0.25, 0.3) is 0 Å². The first-order chi connectivity index (χ1) is 12.5. The Hall–Kier alpha value is -1.89. The second-order valence-electron chi connectivity index (χ2n) is 8.35. The maximum absolute atomic E-state index is 13.2. The molecule has 0 radical (unpaired) electrons. The highest BCUT2D eigenvalue weighted by atomic mass is 32.2. The van der Waals surface area contributed by atoms with Gasteiger partial charge in [0, 0.05) is 35.4 Å². The summed E-state index contributed by atoms with van der Waals surface area (Å²) in [7, 11) is -0.855. The number of carbonyl (C=O) groups is 2. The molecule has 1 aliphatic heterocycles. The molecule has 6 nitrogen and oxygen atoms in total. The fraction of sp³-hybridized carbons (Fsp3) is 0.600. The van der Waals surface area contributed by atoms with Crippen LogP contribution in [0.15, 0.2) is 30.3 Å². The zero-order chi connectivity index (χ0) is 20.2. The van der Waals surface area contributed by atoms with E-state index in [0.717, 1.165) is 5.56 Å². The summed E-state index contributed by atoms with van der Waals surface area (Å²) in [4.78, 5) is 27.4. The summed E-state index contributed by atoms with van der Waals surface area (Å²) in [6.07, 6.45) is -0.558. The Balaban J connectivity index is 2.26. The minimum absolute atomic E-state index is 0.0656. The number of hydrogen-bond acceptors (Lipinski definition) is 4. The van der Waals surface area contributed by atoms with Crippen LogP contribution in [0, 0.1) is 5.41 Å². The Bertz CT molecular complexity index is 688. The van der Waals surface area contributed by atoms with E-state index in [0.29, 0.717) is 24.6 Å². The summed E-state index contributed by atoms with van der Waals surface area (Å²) in [5, 5.41) is 2.89. The Labute approximate surface area is 164 Å². The monoisotopic (exact) mass is 394 g/mol. The largest absolute Gasteiger partial charge is 0.444 e. The van der Waals surface area contributed by atoms with Gasteiger partial charge in [-0.2, -0.15) is 0 Å². The van der Waals surface area contributed by atoms with Crippen LogP contribution in [0.25, 0.3) is 0 Å². The van der Waals surface area contributed by atoms with Crippen LogP contribution in [0.4, 0.5) is 4.79 Å². The molecular formula is C20H30N2O4S. The van der Waals surface area contributed by atoms with E-state index in [2.05, 4.69) is 5.32 Å². The third-order valence-corrected chi connectivity index (χ3v) is 5.81. The van der Waals surface area contributed by atoms with Gasteiger partial charge in [0.15, 0.2) is 0 Å². The van der Waals surface area contributed by atoms with Gasteiger partial charge in [-0.15, -0.1) is 0 Å². The van der Waals surface area contributed by atoms with Crippen molar-refractivity contribution in [1.29, 1.82) is 0 Å². The molecule has 0 spiro atoms. The van der Waals surface area contributed by atoms with Crippen LogP contribution in [-0.2, 0) is 20.3 Å². The van der Waals surface area contributed by atoms with E-state index in [1.54, 1.807) is 25.7 Å². The molecule has 1 aromatic carbocycles. The summed E-state index contributed by atoms with van der Waals surface area (Å²) >= 11 is 0. The van der Waals surface area contributed by atoms with Gasteiger partial charge in [0.05, 0.1) is 11.5 Å². The van der Waals surface area contributed by atoms with Gasteiger partial charge >= 0.3 is 6.09 Å². The van der Waals surface area contributed by atoms with Crippen LogP contribution < -0.4 is 5.32 Å². The van der Waals surface area contributed by atoms with Crippen LogP contribution in [-0.4, -0.2) is 51.3 Å². The zero-order valence-corrected chi connectivity index (χ0v) is 17.6. The lowest BCUT2D eigenvalue weighted by molar-refractivity contribution is -0.141. The van der Waals surface area contributed by atoms with E-state index >= 15 is 0 Å². The van der Waals surface area contributed by atoms with E-state index < -0.39 is 34.0 Å². The van der Waals surface area contributed by atoms with Crippen LogP contribution in [0.3, 0.4) is 0 Å². The van der Waals surface area contributed by atoms with Gasteiger partial charge in [0.2, 0.25) is 5.91 Å². The molecule has 1 saturated heterocycles. The van der Waals surface area contributed by atoms with Crippen LogP contribution in [0.1, 0.15) is 46.2 Å². The molecule has 0 aromatic heterocycles. The molecule has 1 atom stereocenters. The Morgan fingerprint density at radius 1 is 1.07 bits per heavy atom. The van der Waals surface area contributed by atoms with Crippen molar-refractivity contribution in [3.05, 3.63) is 35.9 Å². The van der Waals surface area contributed by atoms with Gasteiger partial charge in [-0.05, 0) is 40.2 Å². The SMILES string of the molecule is CC(C)(C)OC(=O)N[C@H](c1ccccc1)C(C)(C)C(=O)N1CCS(=O)CC1. The molecule has 1 heterocycles. The predicted molar refractivity (Wildman–Crippen MR) is 107 cm³/mol. The van der Waals surface area contributed by atoms with Gasteiger partial charge in [-0.1, -0.05) is 30.3 Å². The fourth-order valence-electron chi connectivity index (χ4n) is 3.12. The van der Waals surface area contributed by atoms with Crippen LogP contribution in [0.2, 0.25) is 0 Å². The quantitative estimate of drug-likeness (QED) is 0.852. The van der Waals surface area contributed by atoms with Gasteiger partial charge in [-0.3, -0.25) is 9.00 Å². The molecule has 2 amide bonds. The summed E-state index contributed by atoms with van der Waals surface area (Å²) < 4.78 is 17.0. The standard InChI is InChI=1S/C20H30N2O4S/c1-19(2,3)26-18(24)21-16(15-9-7-6-8-10-15)20(4,5)17(23)22-11-13-27(25)14-12-22/h6-10,16H,11-14H2,1-5H3,(H,21,24)/t16-/m1/s1. The first-order valence-corrected chi connectivity index (χ1v) is 10.7. The summed E-state index contributed by atoms with van der Waals surface area (Å²) in [6, 6.07) is 8.88. The van der Waals surface area contributed by atoms with Crippen molar-refractivity contribution in [1.82, 2.24) is 10.2 Å². The molecule has 1 aromatic rings. The number of nitrogens with one attached hydrogen (secondary N) is 1. The van der Waals surface area contributed by atoms with E-state index in [1.807, 2.05) is 44.2 Å². The van der Waals surface area contributed by atoms with E-state index in [1.165, 1.54) is 0 Å².